The zero-order chi connectivity index (χ0) is 12.6. The number of rotatable bonds is 6. The first-order chi connectivity index (χ1) is 7.56. The molecule has 0 saturated heterocycles. The van der Waals surface area contributed by atoms with Crippen molar-refractivity contribution < 1.29 is 23.4 Å². The number of hydrogen-bond donors (Lipinski definition) is 0. The van der Waals surface area contributed by atoms with Crippen LogP contribution in [0.2, 0.25) is 0 Å². The molecule has 0 aromatic heterocycles. The van der Waals surface area contributed by atoms with E-state index in [9.17, 15) is 9.18 Å². The normalized spacial score (nSPS) is 13.1. The average molecular weight is 232 g/mol. The Hall–Kier alpha value is -1.20. The van der Waals surface area contributed by atoms with E-state index in [2.05, 4.69) is 4.74 Å². The molecule has 0 saturated carbocycles. The first-order valence-corrected chi connectivity index (χ1v) is 4.83. The van der Waals surface area contributed by atoms with Crippen LogP contribution >= 0.6 is 0 Å². The maximum Gasteiger partial charge on any atom is 0.367 e. The summed E-state index contributed by atoms with van der Waals surface area (Å²) in [6.07, 6.45) is 1.88. The zero-order valence-corrected chi connectivity index (χ0v) is 9.95. The molecule has 0 fully saturated rings. The Kier molecular flexibility index (Phi) is 7.41. The Morgan fingerprint density at radius 2 is 1.88 bits per heavy atom. The van der Waals surface area contributed by atoms with E-state index in [4.69, 9.17) is 9.47 Å². The lowest BCUT2D eigenvalue weighted by molar-refractivity contribution is -0.140. The minimum Gasteiger partial charge on any atom is -0.461 e. The van der Waals surface area contributed by atoms with Gasteiger partial charge in [-0.1, -0.05) is 6.08 Å². The molecule has 5 heteroatoms. The van der Waals surface area contributed by atoms with Crippen LogP contribution in [0.3, 0.4) is 0 Å². The number of hydrogen-bond acceptors (Lipinski definition) is 4. The molecule has 0 bridgehead atoms. The predicted molar refractivity (Wildman–Crippen MR) is 57.4 cm³/mol. The van der Waals surface area contributed by atoms with Crippen molar-refractivity contribution in [1.82, 2.24) is 0 Å². The maximum atomic E-state index is 13.1. The molecule has 0 aliphatic rings. The van der Waals surface area contributed by atoms with Gasteiger partial charge in [0.1, 0.15) is 0 Å². The van der Waals surface area contributed by atoms with Crippen molar-refractivity contribution in [3.8, 4) is 0 Å². The van der Waals surface area contributed by atoms with Gasteiger partial charge >= 0.3 is 5.97 Å². The quantitative estimate of drug-likeness (QED) is 0.304. The SMILES string of the molecule is CCOC(=O)C(F)=CC=C(C)C(OC)OC. The Morgan fingerprint density at radius 3 is 2.31 bits per heavy atom. The molecule has 0 aromatic rings. The van der Waals surface area contributed by atoms with Gasteiger partial charge in [0, 0.05) is 14.2 Å². The van der Waals surface area contributed by atoms with Crippen LogP contribution < -0.4 is 0 Å². The standard InChI is InChI=1S/C11H17FO4/c1-5-16-10(13)9(12)7-6-8(2)11(14-3)15-4/h6-7,11H,5H2,1-4H3. The van der Waals surface area contributed by atoms with E-state index in [1.807, 2.05) is 0 Å². The molecular weight excluding hydrogens is 215 g/mol. The minimum atomic E-state index is -0.974. The third kappa shape index (κ3) is 5.04. The first-order valence-electron chi connectivity index (χ1n) is 4.83. The topological polar surface area (TPSA) is 44.8 Å². The van der Waals surface area contributed by atoms with Gasteiger partial charge < -0.3 is 14.2 Å². The summed E-state index contributed by atoms with van der Waals surface area (Å²) >= 11 is 0. The second-order valence-electron chi connectivity index (χ2n) is 2.95. The molecule has 0 amide bonds. The molecule has 16 heavy (non-hydrogen) atoms. The fourth-order valence-corrected chi connectivity index (χ4v) is 1.02. The van der Waals surface area contributed by atoms with E-state index in [0.29, 0.717) is 5.57 Å². The highest BCUT2D eigenvalue weighted by Gasteiger charge is 2.09. The molecule has 4 nitrogen and oxygen atoms in total. The summed E-state index contributed by atoms with van der Waals surface area (Å²) in [5, 5.41) is 0. The Bertz CT molecular complexity index is 280. The molecule has 0 rings (SSSR count). The third-order valence-electron chi connectivity index (χ3n) is 1.76. The molecule has 0 aliphatic heterocycles. The van der Waals surface area contributed by atoms with Gasteiger partial charge in [-0.2, -0.15) is 4.39 Å². The van der Waals surface area contributed by atoms with Crippen LogP contribution in [0, 0.1) is 0 Å². The molecule has 0 aromatic carbocycles. The van der Waals surface area contributed by atoms with Crippen LogP contribution in [-0.4, -0.2) is 33.1 Å². The van der Waals surface area contributed by atoms with Crippen molar-refractivity contribution in [3.05, 3.63) is 23.6 Å². The summed E-state index contributed by atoms with van der Waals surface area (Å²) < 4.78 is 27.4. The monoisotopic (exact) mass is 232 g/mol. The van der Waals surface area contributed by atoms with Crippen LogP contribution in [0.1, 0.15) is 13.8 Å². The number of carbonyl (C=O) groups excluding carboxylic acids is 1. The summed E-state index contributed by atoms with van der Waals surface area (Å²) in [4.78, 5) is 10.9. The van der Waals surface area contributed by atoms with Gasteiger partial charge in [0.2, 0.25) is 5.83 Å². The number of esters is 1. The van der Waals surface area contributed by atoms with Gasteiger partial charge in [-0.3, -0.25) is 0 Å². The van der Waals surface area contributed by atoms with Gasteiger partial charge in [0.25, 0.3) is 0 Å². The van der Waals surface area contributed by atoms with Crippen molar-refractivity contribution in [1.29, 1.82) is 0 Å². The number of methoxy groups -OCH3 is 2. The summed E-state index contributed by atoms with van der Waals surface area (Å²) in [5.41, 5.74) is 0.643. The van der Waals surface area contributed by atoms with Gasteiger partial charge in [0.05, 0.1) is 6.61 Å². The summed E-state index contributed by atoms with van der Waals surface area (Å²) in [5.74, 6) is -1.93. The van der Waals surface area contributed by atoms with E-state index in [1.54, 1.807) is 13.8 Å². The molecule has 0 N–H and O–H groups in total. The van der Waals surface area contributed by atoms with Crippen molar-refractivity contribution in [2.45, 2.75) is 20.1 Å². The number of allylic oxidation sites excluding steroid dienone is 2. The highest BCUT2D eigenvalue weighted by molar-refractivity contribution is 5.86. The smallest absolute Gasteiger partial charge is 0.367 e. The summed E-state index contributed by atoms with van der Waals surface area (Å²) in [6.45, 7) is 3.45. The van der Waals surface area contributed by atoms with E-state index < -0.39 is 18.1 Å². The lowest BCUT2D eigenvalue weighted by Crippen LogP contribution is -2.14. The van der Waals surface area contributed by atoms with Gasteiger partial charge in [-0.25, -0.2) is 4.79 Å². The van der Waals surface area contributed by atoms with Gasteiger partial charge in [-0.05, 0) is 25.5 Å². The van der Waals surface area contributed by atoms with Crippen molar-refractivity contribution in [3.63, 3.8) is 0 Å². The summed E-state index contributed by atoms with van der Waals surface area (Å²) in [6, 6.07) is 0. The van der Waals surface area contributed by atoms with Crippen LogP contribution in [0.15, 0.2) is 23.6 Å². The van der Waals surface area contributed by atoms with E-state index in [0.717, 1.165) is 6.08 Å². The first kappa shape index (κ1) is 14.8. The lowest BCUT2D eigenvalue weighted by Gasteiger charge is -2.12. The number of carbonyl (C=O) groups is 1. The average Bonchev–Trinajstić information content (AvgIpc) is 2.27. The second-order valence-corrected chi connectivity index (χ2v) is 2.95. The molecule has 0 aliphatic carbocycles. The molecule has 0 heterocycles. The Labute approximate surface area is 94.7 Å². The molecule has 0 radical (unpaired) electrons. The van der Waals surface area contributed by atoms with Gasteiger partial charge in [-0.15, -0.1) is 0 Å². The Balaban J connectivity index is 4.53. The van der Waals surface area contributed by atoms with Crippen LogP contribution in [-0.2, 0) is 19.0 Å². The fraction of sp³-hybridized carbons (Fsp3) is 0.545. The van der Waals surface area contributed by atoms with Crippen LogP contribution in [0.25, 0.3) is 0 Å². The highest BCUT2D eigenvalue weighted by Crippen LogP contribution is 2.08. The largest absolute Gasteiger partial charge is 0.461 e. The van der Waals surface area contributed by atoms with Crippen LogP contribution in [0.4, 0.5) is 4.39 Å². The number of halogens is 1. The molecule has 92 valence electrons. The Morgan fingerprint density at radius 1 is 1.31 bits per heavy atom. The third-order valence-corrected chi connectivity index (χ3v) is 1.76. The van der Waals surface area contributed by atoms with E-state index in [-0.39, 0.29) is 6.61 Å². The maximum absolute atomic E-state index is 13.1. The van der Waals surface area contributed by atoms with Crippen molar-refractivity contribution in [2.75, 3.05) is 20.8 Å². The molecule has 0 atom stereocenters. The molecule has 0 spiro atoms. The predicted octanol–water partition coefficient (Wildman–Crippen LogP) is 1.97. The highest BCUT2D eigenvalue weighted by atomic mass is 19.1. The molecular formula is C11H17FO4. The minimum absolute atomic E-state index is 0.140. The van der Waals surface area contributed by atoms with Gasteiger partial charge in [0.15, 0.2) is 6.29 Å². The second kappa shape index (κ2) is 8.01. The molecule has 0 unspecified atom stereocenters. The number of ether oxygens (including phenoxy) is 3. The van der Waals surface area contributed by atoms with Crippen molar-refractivity contribution in [2.24, 2.45) is 0 Å². The lowest BCUT2D eigenvalue weighted by atomic mass is 10.2. The van der Waals surface area contributed by atoms with E-state index >= 15 is 0 Å². The fourth-order valence-electron chi connectivity index (χ4n) is 1.02. The summed E-state index contributed by atoms with van der Waals surface area (Å²) in [7, 11) is 2.94. The zero-order valence-electron chi connectivity index (χ0n) is 9.95. The van der Waals surface area contributed by atoms with Crippen molar-refractivity contribution >= 4 is 5.97 Å². The van der Waals surface area contributed by atoms with Crippen LogP contribution in [0.5, 0.6) is 0 Å². The van der Waals surface area contributed by atoms with E-state index in [1.165, 1.54) is 20.3 Å².